The van der Waals surface area contributed by atoms with Gasteiger partial charge in [0.1, 0.15) is 11.0 Å². The molecule has 0 spiro atoms. The molecule has 168 valence electrons. The van der Waals surface area contributed by atoms with Crippen molar-refractivity contribution >= 4 is 28.6 Å². The first-order chi connectivity index (χ1) is 15.6. The molecule has 2 aliphatic heterocycles. The fourth-order valence-electron chi connectivity index (χ4n) is 4.61. The SMILES string of the molecule is COC(=O)c1ccc2nc(CN3CCC(c4cccc(Cl)n4)CC3)n(CC3CCO3)c2c1. The largest absolute Gasteiger partial charge is 0.465 e. The highest BCUT2D eigenvalue weighted by atomic mass is 35.5. The molecule has 0 saturated carbocycles. The fourth-order valence-corrected chi connectivity index (χ4v) is 4.78. The maximum Gasteiger partial charge on any atom is 0.337 e. The van der Waals surface area contributed by atoms with Crippen LogP contribution in [0.5, 0.6) is 0 Å². The van der Waals surface area contributed by atoms with Crippen molar-refractivity contribution in [3.8, 4) is 0 Å². The number of fused-ring (bicyclic) bond motifs is 1. The predicted octanol–water partition coefficient (Wildman–Crippen LogP) is 4.04. The van der Waals surface area contributed by atoms with Gasteiger partial charge in [-0.15, -0.1) is 0 Å². The lowest BCUT2D eigenvalue weighted by atomic mass is 9.93. The summed E-state index contributed by atoms with van der Waals surface area (Å²) in [6.07, 6.45) is 3.35. The summed E-state index contributed by atoms with van der Waals surface area (Å²) in [5, 5.41) is 0.559. The van der Waals surface area contributed by atoms with Crippen LogP contribution in [0.15, 0.2) is 36.4 Å². The number of halogens is 1. The second-order valence-electron chi connectivity index (χ2n) is 8.55. The highest BCUT2D eigenvalue weighted by Gasteiger charge is 2.26. The van der Waals surface area contributed by atoms with Crippen molar-refractivity contribution in [1.29, 1.82) is 0 Å². The minimum absolute atomic E-state index is 0.201. The number of esters is 1. The second kappa shape index (κ2) is 9.17. The zero-order valence-electron chi connectivity index (χ0n) is 18.2. The van der Waals surface area contributed by atoms with Crippen molar-refractivity contribution in [2.45, 2.75) is 44.4 Å². The van der Waals surface area contributed by atoms with E-state index in [0.29, 0.717) is 16.6 Å². The van der Waals surface area contributed by atoms with Crippen LogP contribution in [-0.2, 0) is 22.6 Å². The molecular weight excluding hydrogens is 428 g/mol. The second-order valence-corrected chi connectivity index (χ2v) is 8.94. The number of imidazole rings is 1. The fraction of sp³-hybridized carbons (Fsp3) is 0.458. The van der Waals surface area contributed by atoms with Gasteiger partial charge in [0.15, 0.2) is 0 Å². The maximum atomic E-state index is 12.1. The summed E-state index contributed by atoms with van der Waals surface area (Å²) in [5.41, 5.74) is 3.47. The normalized spacial score (nSPS) is 19.8. The Hall–Kier alpha value is -2.48. The maximum absolute atomic E-state index is 12.1. The number of piperidine rings is 1. The smallest absolute Gasteiger partial charge is 0.337 e. The Labute approximate surface area is 192 Å². The molecule has 0 aliphatic carbocycles. The number of pyridine rings is 1. The summed E-state index contributed by atoms with van der Waals surface area (Å²) in [7, 11) is 1.40. The highest BCUT2D eigenvalue weighted by molar-refractivity contribution is 6.29. The van der Waals surface area contributed by atoms with Gasteiger partial charge < -0.3 is 14.0 Å². The molecular formula is C24H27ClN4O3. The number of hydrogen-bond donors (Lipinski definition) is 0. The van der Waals surface area contributed by atoms with Gasteiger partial charge in [-0.05, 0) is 62.7 Å². The third kappa shape index (κ3) is 4.37. The lowest BCUT2D eigenvalue weighted by Crippen LogP contribution is -2.35. The van der Waals surface area contributed by atoms with Gasteiger partial charge in [0.25, 0.3) is 0 Å². The highest BCUT2D eigenvalue weighted by Crippen LogP contribution is 2.29. The Morgan fingerprint density at radius 2 is 2.00 bits per heavy atom. The van der Waals surface area contributed by atoms with Crippen LogP contribution >= 0.6 is 11.6 Å². The first-order valence-electron chi connectivity index (χ1n) is 11.1. The number of ether oxygens (including phenoxy) is 2. The average Bonchev–Trinajstić information content (AvgIpc) is 3.12. The van der Waals surface area contributed by atoms with Gasteiger partial charge in [-0.2, -0.15) is 0 Å². The Morgan fingerprint density at radius 3 is 2.69 bits per heavy atom. The quantitative estimate of drug-likeness (QED) is 0.413. The van der Waals surface area contributed by atoms with Gasteiger partial charge in [0.2, 0.25) is 0 Å². The summed E-state index contributed by atoms with van der Waals surface area (Å²) in [6, 6.07) is 11.4. The monoisotopic (exact) mass is 454 g/mol. The summed E-state index contributed by atoms with van der Waals surface area (Å²) in [5.74, 6) is 1.12. The number of hydrogen-bond acceptors (Lipinski definition) is 6. The third-order valence-electron chi connectivity index (χ3n) is 6.54. The van der Waals surface area contributed by atoms with Gasteiger partial charge in [0, 0.05) is 18.2 Å². The molecule has 1 atom stereocenters. The Kier molecular flexibility index (Phi) is 6.13. The van der Waals surface area contributed by atoms with Gasteiger partial charge >= 0.3 is 5.97 Å². The molecule has 7 nitrogen and oxygen atoms in total. The average molecular weight is 455 g/mol. The number of carbonyl (C=O) groups excluding carboxylic acids is 1. The van der Waals surface area contributed by atoms with E-state index in [1.54, 1.807) is 6.07 Å². The van der Waals surface area contributed by atoms with Crippen molar-refractivity contribution in [2.75, 3.05) is 26.8 Å². The molecule has 0 amide bonds. The molecule has 3 aromatic rings. The molecule has 2 aliphatic rings. The van der Waals surface area contributed by atoms with Crippen LogP contribution in [0.1, 0.15) is 47.1 Å². The van der Waals surface area contributed by atoms with Crippen molar-refractivity contribution in [3.63, 3.8) is 0 Å². The number of rotatable bonds is 6. The summed E-state index contributed by atoms with van der Waals surface area (Å²) < 4.78 is 12.8. The van der Waals surface area contributed by atoms with E-state index < -0.39 is 0 Å². The van der Waals surface area contributed by atoms with Gasteiger partial charge in [-0.1, -0.05) is 17.7 Å². The van der Waals surface area contributed by atoms with Crippen LogP contribution in [0.25, 0.3) is 11.0 Å². The number of nitrogens with zero attached hydrogens (tertiary/aromatic N) is 4. The number of aromatic nitrogens is 3. The molecule has 1 unspecified atom stereocenters. The molecule has 2 fully saturated rings. The van der Waals surface area contributed by atoms with Crippen LogP contribution < -0.4 is 0 Å². The van der Waals surface area contributed by atoms with Crippen LogP contribution in [0, 0.1) is 0 Å². The Morgan fingerprint density at radius 1 is 1.19 bits per heavy atom. The van der Waals surface area contributed by atoms with Crippen LogP contribution in [0.3, 0.4) is 0 Å². The van der Waals surface area contributed by atoms with Gasteiger partial charge in [-0.25, -0.2) is 14.8 Å². The van der Waals surface area contributed by atoms with Gasteiger partial charge in [-0.3, -0.25) is 4.90 Å². The summed E-state index contributed by atoms with van der Waals surface area (Å²) >= 11 is 6.08. The minimum atomic E-state index is -0.335. The lowest BCUT2D eigenvalue weighted by Gasteiger charge is -2.32. The molecule has 0 bridgehead atoms. The van der Waals surface area contributed by atoms with Crippen LogP contribution in [0.2, 0.25) is 5.15 Å². The third-order valence-corrected chi connectivity index (χ3v) is 6.75. The molecule has 32 heavy (non-hydrogen) atoms. The van der Waals surface area contributed by atoms with Crippen LogP contribution in [0.4, 0.5) is 0 Å². The first-order valence-corrected chi connectivity index (χ1v) is 11.5. The molecule has 2 saturated heterocycles. The van der Waals surface area contributed by atoms with Crippen molar-refractivity contribution < 1.29 is 14.3 Å². The molecule has 5 rings (SSSR count). The minimum Gasteiger partial charge on any atom is -0.465 e. The lowest BCUT2D eigenvalue weighted by molar-refractivity contribution is -0.0592. The molecule has 8 heteroatoms. The van der Waals surface area contributed by atoms with Crippen molar-refractivity contribution in [2.24, 2.45) is 0 Å². The van der Waals surface area contributed by atoms with E-state index in [9.17, 15) is 4.79 Å². The van der Waals surface area contributed by atoms with Crippen LogP contribution in [-0.4, -0.2) is 58.3 Å². The van der Waals surface area contributed by atoms with E-state index in [0.717, 1.165) is 74.6 Å². The summed E-state index contributed by atoms with van der Waals surface area (Å²) in [4.78, 5) is 23.9. The number of carbonyl (C=O) groups is 1. The molecule has 0 radical (unpaired) electrons. The summed E-state index contributed by atoms with van der Waals surface area (Å²) in [6.45, 7) is 4.29. The zero-order valence-corrected chi connectivity index (χ0v) is 18.9. The van der Waals surface area contributed by atoms with Gasteiger partial charge in [0.05, 0.1) is 42.9 Å². The number of likely N-dealkylation sites (tertiary alicyclic amines) is 1. The predicted molar refractivity (Wildman–Crippen MR) is 122 cm³/mol. The molecule has 4 heterocycles. The van der Waals surface area contributed by atoms with E-state index in [1.165, 1.54) is 7.11 Å². The molecule has 0 N–H and O–H groups in total. The Bertz CT molecular complexity index is 1120. The van der Waals surface area contributed by atoms with Crippen molar-refractivity contribution in [1.82, 2.24) is 19.4 Å². The number of benzene rings is 1. The van der Waals surface area contributed by atoms with E-state index in [4.69, 9.17) is 26.1 Å². The first kappa shape index (κ1) is 21.4. The van der Waals surface area contributed by atoms with E-state index in [1.807, 2.05) is 24.3 Å². The van der Waals surface area contributed by atoms with E-state index >= 15 is 0 Å². The number of methoxy groups -OCH3 is 1. The van der Waals surface area contributed by atoms with E-state index in [-0.39, 0.29) is 12.1 Å². The van der Waals surface area contributed by atoms with Crippen molar-refractivity contribution in [3.05, 3.63) is 58.6 Å². The topological polar surface area (TPSA) is 69.5 Å². The zero-order chi connectivity index (χ0) is 22.1. The standard InChI is InChI=1S/C24H27ClN4O3/c1-31-24(30)17-5-6-20-21(13-17)29(14-18-9-12-32-18)23(27-20)15-28-10-7-16(8-11-28)19-3-2-4-22(25)26-19/h2-6,13,16,18H,7-12,14-15H2,1H3. The Balaban J connectivity index is 1.35. The molecule has 1 aromatic carbocycles. The van der Waals surface area contributed by atoms with E-state index in [2.05, 4.69) is 20.5 Å². The molecule has 2 aromatic heterocycles.